The van der Waals surface area contributed by atoms with E-state index in [9.17, 15) is 22.4 Å². The lowest BCUT2D eigenvalue weighted by Crippen LogP contribution is -2.43. The van der Waals surface area contributed by atoms with Crippen LogP contribution >= 0.6 is 23.2 Å². The number of fused-ring (bicyclic) bond motifs is 1. The maximum absolute atomic E-state index is 14.2. The molecule has 2 aliphatic rings. The summed E-state index contributed by atoms with van der Waals surface area (Å²) in [5.74, 6) is -1.26. The van der Waals surface area contributed by atoms with Crippen molar-refractivity contribution >= 4 is 35.0 Å². The number of ether oxygens (including phenoxy) is 1. The number of alkyl halides is 4. The number of hydrogen-bond acceptors (Lipinski definition) is 5. The van der Waals surface area contributed by atoms with Crippen molar-refractivity contribution in [3.63, 3.8) is 0 Å². The largest absolute Gasteiger partial charge is 0.462 e. The molecule has 2 aromatic rings. The maximum atomic E-state index is 14.2. The highest BCUT2D eigenvalue weighted by Crippen LogP contribution is 2.56. The summed E-state index contributed by atoms with van der Waals surface area (Å²) >= 11 is 12.1. The molecule has 6 nitrogen and oxygen atoms in total. The molecule has 3 atom stereocenters. The molecule has 0 amide bonds. The number of Topliss-reactive ketones (excluding diaryl/α,β-unsaturated/α-hetero) is 1. The number of ketones is 1. The van der Waals surface area contributed by atoms with Crippen LogP contribution in [0.25, 0.3) is 0 Å². The van der Waals surface area contributed by atoms with Gasteiger partial charge in [-0.3, -0.25) is 4.79 Å². The Balaban J connectivity index is 1.69. The van der Waals surface area contributed by atoms with Gasteiger partial charge in [0.15, 0.2) is 11.3 Å². The molecule has 1 aliphatic heterocycles. The first-order chi connectivity index (χ1) is 14.1. The zero-order valence-electron chi connectivity index (χ0n) is 15.0. The first-order valence-electron chi connectivity index (χ1n) is 8.78. The van der Waals surface area contributed by atoms with Crippen molar-refractivity contribution in [2.45, 2.75) is 37.5 Å². The molecule has 0 unspecified atom stereocenters. The van der Waals surface area contributed by atoms with Crippen molar-refractivity contribution in [2.24, 2.45) is 16.6 Å². The summed E-state index contributed by atoms with van der Waals surface area (Å²) in [7, 11) is 0. The van der Waals surface area contributed by atoms with Crippen molar-refractivity contribution in [3.8, 4) is 0 Å². The molecule has 2 heterocycles. The van der Waals surface area contributed by atoms with Crippen LogP contribution in [0.2, 0.25) is 10.0 Å². The monoisotopic (exact) mass is 464 g/mol. The second-order valence-electron chi connectivity index (χ2n) is 7.07. The minimum atomic E-state index is -2.96. The number of nitrogens with zero attached hydrogens (tertiary/aromatic N) is 3. The number of hydrogen-bond donors (Lipinski definition) is 1. The lowest BCUT2D eigenvalue weighted by molar-refractivity contribution is 0.0196. The summed E-state index contributed by atoms with van der Waals surface area (Å²) in [5.41, 5.74) is 3.61. The second kappa shape index (κ2) is 7.42. The number of carbonyl (C=O) groups is 1. The number of amidine groups is 1. The summed E-state index contributed by atoms with van der Waals surface area (Å²) in [5, 5.41) is 3.29. The highest BCUT2D eigenvalue weighted by Gasteiger charge is 2.64. The lowest BCUT2D eigenvalue weighted by Gasteiger charge is -2.33. The molecule has 0 spiro atoms. The SMILES string of the molecule is NC1=N[C@](c2cc(CC(=O)c3nn(C(F)F)cc3Cl)ccc2Cl)(C(F)F)[C@@H]2C[C@@H]2O1. The Morgan fingerprint density at radius 1 is 1.30 bits per heavy atom. The average Bonchev–Trinajstić information content (AvgIpc) is 3.34. The highest BCUT2D eigenvalue weighted by atomic mass is 35.5. The van der Waals surface area contributed by atoms with E-state index >= 15 is 0 Å². The molecule has 1 aliphatic carbocycles. The Morgan fingerprint density at radius 3 is 2.67 bits per heavy atom. The zero-order chi connectivity index (χ0) is 21.8. The molecule has 1 aromatic carbocycles. The molecule has 0 bridgehead atoms. The van der Waals surface area contributed by atoms with Gasteiger partial charge in [0, 0.05) is 22.9 Å². The van der Waals surface area contributed by atoms with Crippen molar-refractivity contribution in [1.29, 1.82) is 0 Å². The van der Waals surface area contributed by atoms with E-state index in [-0.39, 0.29) is 38.4 Å². The molecule has 0 saturated heterocycles. The molecular formula is C18H14Cl2F4N4O2. The third kappa shape index (κ3) is 3.41. The van der Waals surface area contributed by atoms with Gasteiger partial charge in [-0.2, -0.15) is 13.9 Å². The number of benzene rings is 1. The third-order valence-corrected chi connectivity index (χ3v) is 5.78. The van der Waals surface area contributed by atoms with Gasteiger partial charge in [0.05, 0.1) is 11.2 Å². The van der Waals surface area contributed by atoms with E-state index in [2.05, 4.69) is 10.1 Å². The Labute approximate surface area is 177 Å². The number of nitrogens with two attached hydrogens (primary N) is 1. The quantitative estimate of drug-likeness (QED) is 0.512. The van der Waals surface area contributed by atoms with Crippen molar-refractivity contribution in [1.82, 2.24) is 9.78 Å². The standard InChI is InChI=1S/C18H14Cl2F4N4O2/c19-10-2-1-7(4-12(29)14-11(20)6-28(27-14)16(23)24)3-8(10)18(15(21)22)9-5-13(9)30-17(25)26-18/h1-3,6,9,13,15-16H,4-5H2,(H2,25,26)/t9-,13+,18+/m1/s1. The fourth-order valence-corrected chi connectivity index (χ4v) is 4.23. The topological polar surface area (TPSA) is 82.5 Å². The Hall–Kier alpha value is -2.33. The third-order valence-electron chi connectivity index (χ3n) is 5.18. The first kappa shape index (κ1) is 20.9. The van der Waals surface area contributed by atoms with E-state index in [1.54, 1.807) is 0 Å². The number of rotatable bonds is 6. The van der Waals surface area contributed by atoms with Crippen LogP contribution in [-0.2, 0) is 16.7 Å². The minimum absolute atomic E-state index is 0.0208. The Morgan fingerprint density at radius 2 is 2.03 bits per heavy atom. The van der Waals surface area contributed by atoms with Crippen LogP contribution in [0.1, 0.15) is 34.6 Å². The van der Waals surface area contributed by atoms with Gasteiger partial charge >= 0.3 is 6.55 Å². The molecule has 1 saturated carbocycles. The zero-order valence-corrected chi connectivity index (χ0v) is 16.5. The number of halogens is 6. The molecule has 1 fully saturated rings. The van der Waals surface area contributed by atoms with E-state index in [0.29, 0.717) is 12.0 Å². The molecule has 2 N–H and O–H groups in total. The number of aromatic nitrogens is 2. The predicted octanol–water partition coefficient (Wildman–Crippen LogP) is 4.20. The van der Waals surface area contributed by atoms with Crippen LogP contribution in [0, 0.1) is 5.92 Å². The highest BCUT2D eigenvalue weighted by molar-refractivity contribution is 6.33. The summed E-state index contributed by atoms with van der Waals surface area (Å²) in [6, 6.07) is 3.84. The summed E-state index contributed by atoms with van der Waals surface area (Å²) < 4.78 is 59.5. The summed E-state index contributed by atoms with van der Waals surface area (Å²) in [4.78, 5) is 16.4. The molecule has 0 radical (unpaired) electrons. The predicted molar refractivity (Wildman–Crippen MR) is 100 cm³/mol. The van der Waals surface area contributed by atoms with Crippen LogP contribution < -0.4 is 5.73 Å². The van der Waals surface area contributed by atoms with Crippen LogP contribution in [0.3, 0.4) is 0 Å². The van der Waals surface area contributed by atoms with Gasteiger partial charge in [-0.1, -0.05) is 35.3 Å². The van der Waals surface area contributed by atoms with E-state index in [1.807, 2.05) is 0 Å². The van der Waals surface area contributed by atoms with Crippen LogP contribution in [0.4, 0.5) is 17.6 Å². The smallest absolute Gasteiger partial charge is 0.333 e. The van der Waals surface area contributed by atoms with Crippen molar-refractivity contribution in [2.75, 3.05) is 0 Å². The van der Waals surface area contributed by atoms with Gasteiger partial charge in [-0.15, -0.1) is 0 Å². The van der Waals surface area contributed by atoms with Crippen molar-refractivity contribution in [3.05, 3.63) is 51.3 Å². The van der Waals surface area contributed by atoms with Gasteiger partial charge < -0.3 is 10.5 Å². The molecule has 4 rings (SSSR count). The number of carbonyl (C=O) groups excluding carboxylic acids is 1. The molecular weight excluding hydrogens is 451 g/mol. The van der Waals surface area contributed by atoms with Crippen LogP contribution in [-0.4, -0.2) is 34.1 Å². The molecule has 160 valence electrons. The first-order valence-corrected chi connectivity index (χ1v) is 9.54. The summed E-state index contributed by atoms with van der Waals surface area (Å²) in [6.07, 6.45) is -2.53. The maximum Gasteiger partial charge on any atom is 0.333 e. The minimum Gasteiger partial charge on any atom is -0.462 e. The summed E-state index contributed by atoms with van der Waals surface area (Å²) in [6.45, 7) is -2.96. The van der Waals surface area contributed by atoms with Crippen molar-refractivity contribution < 1.29 is 27.1 Å². The number of aliphatic imine (C=N–C) groups is 1. The van der Waals surface area contributed by atoms with Gasteiger partial charge in [-0.05, 0) is 18.1 Å². The lowest BCUT2D eigenvalue weighted by atomic mass is 9.83. The van der Waals surface area contributed by atoms with E-state index in [4.69, 9.17) is 33.7 Å². The normalized spacial score (nSPS) is 25.1. The average molecular weight is 465 g/mol. The van der Waals surface area contributed by atoms with Crippen LogP contribution in [0.15, 0.2) is 29.4 Å². The van der Waals surface area contributed by atoms with Gasteiger partial charge in [-0.25, -0.2) is 18.5 Å². The van der Waals surface area contributed by atoms with Gasteiger partial charge in [0.25, 0.3) is 12.4 Å². The van der Waals surface area contributed by atoms with Gasteiger partial charge in [0.2, 0.25) is 0 Å². The molecule has 1 aromatic heterocycles. The Kier molecular flexibility index (Phi) is 5.17. The van der Waals surface area contributed by atoms with Gasteiger partial charge in [0.1, 0.15) is 11.8 Å². The molecule has 30 heavy (non-hydrogen) atoms. The molecule has 12 heteroatoms. The van der Waals surface area contributed by atoms with E-state index < -0.39 is 36.3 Å². The van der Waals surface area contributed by atoms with E-state index in [0.717, 1.165) is 6.20 Å². The Bertz CT molecular complexity index is 1050. The second-order valence-corrected chi connectivity index (χ2v) is 7.89. The fraction of sp³-hybridized carbons (Fsp3) is 0.389. The van der Waals surface area contributed by atoms with Crippen LogP contribution in [0.5, 0.6) is 0 Å². The van der Waals surface area contributed by atoms with E-state index in [1.165, 1.54) is 18.2 Å². The fourth-order valence-electron chi connectivity index (χ4n) is 3.72.